The number of allylic oxidation sites excluding steroid dienone is 12. The number of esters is 3. The lowest BCUT2D eigenvalue weighted by Crippen LogP contribution is -2.30. The quantitative estimate of drug-likeness (QED) is 0.0261. The molecule has 0 heterocycles. The molecular formula is C75H134O6. The molecule has 1 unspecified atom stereocenters. The fraction of sp³-hybridized carbons (Fsp3) is 0.800. The maximum atomic E-state index is 12.9. The summed E-state index contributed by atoms with van der Waals surface area (Å²) in [6.07, 6.45) is 91.1. The molecular weight excluding hydrogens is 997 g/mol. The average Bonchev–Trinajstić information content (AvgIpc) is 3.46. The molecule has 0 saturated carbocycles. The zero-order valence-electron chi connectivity index (χ0n) is 54.1. The van der Waals surface area contributed by atoms with Gasteiger partial charge in [-0.05, 0) is 89.9 Å². The van der Waals surface area contributed by atoms with E-state index < -0.39 is 6.10 Å². The van der Waals surface area contributed by atoms with E-state index in [0.717, 1.165) is 89.9 Å². The van der Waals surface area contributed by atoms with Crippen molar-refractivity contribution < 1.29 is 28.6 Å². The molecule has 1 atom stereocenters. The van der Waals surface area contributed by atoms with Gasteiger partial charge in [0.15, 0.2) is 6.10 Å². The van der Waals surface area contributed by atoms with Gasteiger partial charge < -0.3 is 14.2 Å². The van der Waals surface area contributed by atoms with E-state index in [0.29, 0.717) is 19.3 Å². The Balaban J connectivity index is 4.03. The Morgan fingerprint density at radius 2 is 0.481 bits per heavy atom. The smallest absolute Gasteiger partial charge is 0.306 e. The lowest BCUT2D eigenvalue weighted by Gasteiger charge is -2.18. The highest BCUT2D eigenvalue weighted by Crippen LogP contribution is 2.18. The van der Waals surface area contributed by atoms with Crippen LogP contribution in [0.3, 0.4) is 0 Å². The Kier molecular flexibility index (Phi) is 66.6. The molecule has 0 bridgehead atoms. The minimum Gasteiger partial charge on any atom is -0.462 e. The minimum atomic E-state index is -0.771. The third-order valence-electron chi connectivity index (χ3n) is 15.7. The van der Waals surface area contributed by atoms with Crippen LogP contribution in [0.15, 0.2) is 72.9 Å². The molecule has 6 nitrogen and oxygen atoms in total. The summed E-state index contributed by atoms with van der Waals surface area (Å²) < 4.78 is 16.9. The van der Waals surface area contributed by atoms with Gasteiger partial charge in [-0.3, -0.25) is 14.4 Å². The molecule has 0 radical (unpaired) electrons. The van der Waals surface area contributed by atoms with Crippen LogP contribution in [-0.4, -0.2) is 37.2 Å². The molecule has 0 fully saturated rings. The van der Waals surface area contributed by atoms with Gasteiger partial charge in [-0.15, -0.1) is 0 Å². The van der Waals surface area contributed by atoms with Crippen molar-refractivity contribution in [2.45, 2.75) is 374 Å². The first kappa shape index (κ1) is 77.9. The summed E-state index contributed by atoms with van der Waals surface area (Å²) in [7, 11) is 0. The van der Waals surface area contributed by atoms with Crippen molar-refractivity contribution in [3.05, 3.63) is 72.9 Å². The van der Waals surface area contributed by atoms with Gasteiger partial charge in [-0.1, -0.05) is 331 Å². The summed E-state index contributed by atoms with van der Waals surface area (Å²) in [4.78, 5) is 38.2. The number of carbonyl (C=O) groups is 3. The van der Waals surface area contributed by atoms with E-state index in [-0.39, 0.29) is 31.1 Å². The molecule has 0 saturated heterocycles. The van der Waals surface area contributed by atoms with Crippen molar-refractivity contribution in [3.63, 3.8) is 0 Å². The summed E-state index contributed by atoms with van der Waals surface area (Å²) >= 11 is 0. The fourth-order valence-corrected chi connectivity index (χ4v) is 10.4. The molecule has 0 amide bonds. The van der Waals surface area contributed by atoms with Crippen LogP contribution < -0.4 is 0 Å². The van der Waals surface area contributed by atoms with E-state index in [1.54, 1.807) is 0 Å². The van der Waals surface area contributed by atoms with Crippen LogP contribution in [-0.2, 0) is 28.6 Å². The maximum Gasteiger partial charge on any atom is 0.306 e. The second-order valence-electron chi connectivity index (χ2n) is 23.8. The number of hydrogen-bond donors (Lipinski definition) is 0. The first-order chi connectivity index (χ1) is 40.0. The van der Waals surface area contributed by atoms with Crippen molar-refractivity contribution in [2.24, 2.45) is 0 Å². The zero-order valence-corrected chi connectivity index (χ0v) is 54.1. The van der Waals surface area contributed by atoms with Crippen LogP contribution in [0.5, 0.6) is 0 Å². The van der Waals surface area contributed by atoms with Gasteiger partial charge in [0.05, 0.1) is 0 Å². The van der Waals surface area contributed by atoms with Gasteiger partial charge in [-0.25, -0.2) is 0 Å². The highest BCUT2D eigenvalue weighted by Gasteiger charge is 2.19. The normalized spacial score (nSPS) is 12.5. The Bertz CT molecular complexity index is 1490. The van der Waals surface area contributed by atoms with E-state index in [1.165, 1.54) is 238 Å². The average molecular weight is 1130 g/mol. The van der Waals surface area contributed by atoms with Crippen molar-refractivity contribution in [1.82, 2.24) is 0 Å². The molecule has 0 aliphatic rings. The molecule has 0 aliphatic heterocycles. The van der Waals surface area contributed by atoms with Crippen molar-refractivity contribution in [1.29, 1.82) is 0 Å². The van der Waals surface area contributed by atoms with Gasteiger partial charge in [0.1, 0.15) is 13.2 Å². The summed E-state index contributed by atoms with van der Waals surface area (Å²) in [5.74, 6) is -0.857. The lowest BCUT2D eigenvalue weighted by atomic mass is 10.0. The molecule has 81 heavy (non-hydrogen) atoms. The van der Waals surface area contributed by atoms with Crippen molar-refractivity contribution >= 4 is 17.9 Å². The third kappa shape index (κ3) is 67.5. The van der Waals surface area contributed by atoms with Gasteiger partial charge in [0, 0.05) is 19.3 Å². The monoisotopic (exact) mass is 1130 g/mol. The highest BCUT2D eigenvalue weighted by atomic mass is 16.6. The summed E-state index contributed by atoms with van der Waals surface area (Å²) in [6.45, 7) is 6.53. The zero-order chi connectivity index (χ0) is 58.5. The Labute approximate surface area is 503 Å². The van der Waals surface area contributed by atoms with Crippen LogP contribution >= 0.6 is 0 Å². The summed E-state index contributed by atoms with van der Waals surface area (Å²) in [6, 6.07) is 0. The molecule has 0 N–H and O–H groups in total. The highest BCUT2D eigenvalue weighted by molar-refractivity contribution is 5.71. The molecule has 470 valence electrons. The van der Waals surface area contributed by atoms with Crippen molar-refractivity contribution in [3.8, 4) is 0 Å². The van der Waals surface area contributed by atoms with Crippen LogP contribution in [0, 0.1) is 0 Å². The van der Waals surface area contributed by atoms with Crippen LogP contribution in [0.4, 0.5) is 0 Å². The molecule has 6 heteroatoms. The number of rotatable bonds is 65. The fourth-order valence-electron chi connectivity index (χ4n) is 10.4. The third-order valence-corrected chi connectivity index (χ3v) is 15.7. The van der Waals surface area contributed by atoms with Gasteiger partial charge in [0.25, 0.3) is 0 Å². The first-order valence-corrected chi connectivity index (χ1v) is 35.4. The lowest BCUT2D eigenvalue weighted by molar-refractivity contribution is -0.167. The molecule has 0 spiro atoms. The summed E-state index contributed by atoms with van der Waals surface area (Å²) in [5, 5.41) is 0. The van der Waals surface area contributed by atoms with E-state index in [9.17, 15) is 14.4 Å². The minimum absolute atomic E-state index is 0.0703. The summed E-state index contributed by atoms with van der Waals surface area (Å²) in [5.41, 5.74) is 0. The second-order valence-corrected chi connectivity index (χ2v) is 23.8. The second kappa shape index (κ2) is 69.3. The molecule has 0 aromatic rings. The Morgan fingerprint density at radius 1 is 0.259 bits per heavy atom. The number of unbranched alkanes of at least 4 members (excludes halogenated alkanes) is 42. The van der Waals surface area contributed by atoms with E-state index in [1.807, 2.05) is 0 Å². The Morgan fingerprint density at radius 3 is 0.753 bits per heavy atom. The van der Waals surface area contributed by atoms with Gasteiger partial charge in [-0.2, -0.15) is 0 Å². The predicted molar refractivity (Wildman–Crippen MR) is 353 cm³/mol. The Hall–Kier alpha value is -3.15. The number of carbonyl (C=O) groups excluding carboxylic acids is 3. The van der Waals surface area contributed by atoms with Gasteiger partial charge in [0.2, 0.25) is 0 Å². The van der Waals surface area contributed by atoms with E-state index in [4.69, 9.17) is 14.2 Å². The van der Waals surface area contributed by atoms with Crippen LogP contribution in [0.1, 0.15) is 367 Å². The largest absolute Gasteiger partial charge is 0.462 e. The van der Waals surface area contributed by atoms with Crippen LogP contribution in [0.25, 0.3) is 0 Å². The number of hydrogen-bond acceptors (Lipinski definition) is 6. The standard InChI is InChI=1S/C75H134O6/c1-4-7-10-13-16-18-20-22-24-26-28-30-32-34-35-36-37-38-39-41-42-44-46-48-50-52-54-56-59-62-65-68-74(77)80-71-72(70-79-73(76)67-64-61-58-15-12-9-6-3)81-75(78)69-66-63-60-57-55-53-51-49-47-45-43-40-33-31-29-27-25-23-21-19-17-14-11-8-5-2/h7,10,16,18,21-24,27-30,72H,4-6,8-9,11-15,17,19-20,25-26,31-71H2,1-3H3/b10-7-,18-16-,23-21-,24-22-,29-27-,30-28-. The maximum absolute atomic E-state index is 12.9. The molecule has 0 aromatic carbocycles. The van der Waals surface area contributed by atoms with Crippen molar-refractivity contribution in [2.75, 3.05) is 13.2 Å². The van der Waals surface area contributed by atoms with E-state index in [2.05, 4.69) is 93.7 Å². The molecule has 0 rings (SSSR count). The molecule has 0 aliphatic carbocycles. The SMILES string of the molecule is CC/C=C\C/C=C\C/C=C\C/C=C\CCCCCCCCCCCCCCCCCCCCC(=O)OCC(COC(=O)CCCCCCCCC)OC(=O)CCCCCCCCCCCCCCC/C=C\C/C=C\CCCCCCC. The van der Waals surface area contributed by atoms with E-state index >= 15 is 0 Å². The first-order valence-electron chi connectivity index (χ1n) is 35.4. The van der Waals surface area contributed by atoms with Gasteiger partial charge >= 0.3 is 17.9 Å². The topological polar surface area (TPSA) is 78.9 Å². The predicted octanol–water partition coefficient (Wildman–Crippen LogP) is 24.4. The van der Waals surface area contributed by atoms with Crippen LogP contribution in [0.2, 0.25) is 0 Å². The molecule has 0 aromatic heterocycles. The number of ether oxygens (including phenoxy) is 3.